The number of pyridine rings is 1. The SMILES string of the molecule is CCOC(=O)c1cc(C(=O)c2ccccc2O)cn(Cc2c(C)cc(C)cc2C)c1=O. The smallest absolute Gasteiger partial charge is 0.343 e. The van der Waals surface area contributed by atoms with Gasteiger partial charge in [0.05, 0.1) is 18.7 Å². The molecule has 6 heteroatoms. The molecule has 0 radical (unpaired) electrons. The molecule has 3 aromatic rings. The second-order valence-corrected chi connectivity index (χ2v) is 7.52. The molecular weight excluding hydrogens is 394 g/mol. The van der Waals surface area contributed by atoms with Crippen LogP contribution in [0.3, 0.4) is 0 Å². The van der Waals surface area contributed by atoms with Crippen LogP contribution in [0.4, 0.5) is 0 Å². The monoisotopic (exact) mass is 419 g/mol. The molecule has 1 aromatic heterocycles. The minimum Gasteiger partial charge on any atom is -0.507 e. The van der Waals surface area contributed by atoms with Gasteiger partial charge in [-0.2, -0.15) is 0 Å². The number of para-hydroxylation sites is 1. The highest BCUT2D eigenvalue weighted by molar-refractivity contribution is 6.11. The minimum atomic E-state index is -0.787. The van der Waals surface area contributed by atoms with E-state index < -0.39 is 17.3 Å². The first-order valence-corrected chi connectivity index (χ1v) is 10.0. The van der Waals surface area contributed by atoms with Gasteiger partial charge in [-0.05, 0) is 62.6 Å². The Morgan fingerprint density at radius 3 is 2.26 bits per heavy atom. The lowest BCUT2D eigenvalue weighted by atomic mass is 9.99. The van der Waals surface area contributed by atoms with E-state index in [-0.39, 0.29) is 35.6 Å². The van der Waals surface area contributed by atoms with Crippen LogP contribution in [0.2, 0.25) is 0 Å². The molecule has 0 atom stereocenters. The quantitative estimate of drug-likeness (QED) is 0.483. The highest BCUT2D eigenvalue weighted by Crippen LogP contribution is 2.21. The molecule has 0 spiro atoms. The maximum atomic E-state index is 13.1. The number of phenols is 1. The van der Waals surface area contributed by atoms with E-state index in [1.165, 1.54) is 29.0 Å². The Kier molecular flexibility index (Phi) is 6.39. The van der Waals surface area contributed by atoms with E-state index in [1.54, 1.807) is 19.1 Å². The van der Waals surface area contributed by atoms with Gasteiger partial charge in [0.2, 0.25) is 0 Å². The zero-order valence-electron chi connectivity index (χ0n) is 18.1. The molecule has 0 bridgehead atoms. The van der Waals surface area contributed by atoms with Crippen molar-refractivity contribution in [2.75, 3.05) is 6.61 Å². The third kappa shape index (κ3) is 4.58. The molecule has 0 fully saturated rings. The van der Waals surface area contributed by atoms with Gasteiger partial charge >= 0.3 is 5.97 Å². The topological polar surface area (TPSA) is 85.6 Å². The lowest BCUT2D eigenvalue weighted by Gasteiger charge is -2.15. The number of hydrogen-bond donors (Lipinski definition) is 1. The van der Waals surface area contributed by atoms with Crippen molar-refractivity contribution in [1.82, 2.24) is 4.57 Å². The number of phenolic OH excluding ortho intramolecular Hbond substituents is 1. The second kappa shape index (κ2) is 9.00. The molecule has 1 N–H and O–H groups in total. The number of ketones is 1. The molecule has 0 aliphatic rings. The van der Waals surface area contributed by atoms with E-state index in [4.69, 9.17) is 4.74 Å². The summed E-state index contributed by atoms with van der Waals surface area (Å²) in [5, 5.41) is 10.1. The van der Waals surface area contributed by atoms with Crippen LogP contribution in [0, 0.1) is 20.8 Å². The number of esters is 1. The van der Waals surface area contributed by atoms with Crippen LogP contribution in [-0.2, 0) is 11.3 Å². The summed E-state index contributed by atoms with van der Waals surface area (Å²) in [4.78, 5) is 38.6. The minimum absolute atomic E-state index is 0.0882. The van der Waals surface area contributed by atoms with Crippen molar-refractivity contribution in [3.63, 3.8) is 0 Å². The summed E-state index contributed by atoms with van der Waals surface area (Å²) in [5.41, 5.74) is 3.53. The average Bonchev–Trinajstić information content (AvgIpc) is 2.71. The molecule has 0 aliphatic heterocycles. The normalized spacial score (nSPS) is 10.7. The number of carbonyl (C=O) groups is 2. The van der Waals surface area contributed by atoms with Crippen LogP contribution >= 0.6 is 0 Å². The van der Waals surface area contributed by atoms with Gasteiger partial charge in [0.1, 0.15) is 11.3 Å². The highest BCUT2D eigenvalue weighted by Gasteiger charge is 2.21. The molecule has 0 saturated heterocycles. The van der Waals surface area contributed by atoms with Gasteiger partial charge in [-0.3, -0.25) is 9.59 Å². The summed E-state index contributed by atoms with van der Waals surface area (Å²) < 4.78 is 6.38. The number of rotatable bonds is 6. The number of carbonyl (C=O) groups excluding carboxylic acids is 2. The van der Waals surface area contributed by atoms with E-state index >= 15 is 0 Å². The Morgan fingerprint density at radius 1 is 1.00 bits per heavy atom. The summed E-state index contributed by atoms with van der Waals surface area (Å²) in [6.07, 6.45) is 1.43. The summed E-state index contributed by atoms with van der Waals surface area (Å²) in [6, 6.07) is 11.4. The van der Waals surface area contributed by atoms with Gasteiger partial charge in [-0.1, -0.05) is 29.8 Å². The molecule has 3 rings (SSSR count). The molecule has 0 aliphatic carbocycles. The maximum absolute atomic E-state index is 13.1. The fourth-order valence-electron chi connectivity index (χ4n) is 3.68. The first-order chi connectivity index (χ1) is 14.7. The Balaban J connectivity index is 2.17. The van der Waals surface area contributed by atoms with Gasteiger partial charge < -0.3 is 14.4 Å². The van der Waals surface area contributed by atoms with Crippen LogP contribution in [0.25, 0.3) is 0 Å². The van der Waals surface area contributed by atoms with Crippen molar-refractivity contribution in [2.24, 2.45) is 0 Å². The molecule has 6 nitrogen and oxygen atoms in total. The Hall–Kier alpha value is -3.67. The number of ether oxygens (including phenoxy) is 1. The predicted molar refractivity (Wildman–Crippen MR) is 118 cm³/mol. The standard InChI is InChI=1S/C25H25NO5/c1-5-31-25(30)20-12-18(23(28)19-8-6-7-9-22(19)27)13-26(24(20)29)14-21-16(3)10-15(2)11-17(21)4/h6-13,27H,5,14H2,1-4H3. The van der Waals surface area contributed by atoms with E-state index in [0.717, 1.165) is 22.3 Å². The predicted octanol–water partition coefficient (Wildman–Crippen LogP) is 3.94. The van der Waals surface area contributed by atoms with Gasteiger partial charge in [0.15, 0.2) is 5.78 Å². The van der Waals surface area contributed by atoms with Crippen molar-refractivity contribution in [1.29, 1.82) is 0 Å². The highest BCUT2D eigenvalue weighted by atomic mass is 16.5. The van der Waals surface area contributed by atoms with E-state index in [2.05, 4.69) is 0 Å². The zero-order valence-corrected chi connectivity index (χ0v) is 18.1. The molecular formula is C25H25NO5. The zero-order chi connectivity index (χ0) is 22.7. The second-order valence-electron chi connectivity index (χ2n) is 7.52. The first-order valence-electron chi connectivity index (χ1n) is 10.0. The van der Waals surface area contributed by atoms with Gasteiger partial charge in [-0.25, -0.2) is 4.79 Å². The first kappa shape index (κ1) is 22.0. The van der Waals surface area contributed by atoms with Gasteiger partial charge in [-0.15, -0.1) is 0 Å². The Labute approximate surface area is 180 Å². The summed E-state index contributed by atoms with van der Waals surface area (Å²) in [6.45, 7) is 7.87. The summed E-state index contributed by atoms with van der Waals surface area (Å²) in [5.74, 6) is -1.45. The van der Waals surface area contributed by atoms with Crippen molar-refractivity contribution in [3.8, 4) is 5.75 Å². The van der Waals surface area contributed by atoms with Crippen molar-refractivity contribution in [3.05, 3.63) is 98.0 Å². The molecule has 0 saturated carbocycles. The molecule has 0 unspecified atom stereocenters. The third-order valence-electron chi connectivity index (χ3n) is 5.16. The lowest BCUT2D eigenvalue weighted by Crippen LogP contribution is -2.29. The largest absolute Gasteiger partial charge is 0.507 e. The van der Waals surface area contributed by atoms with Crippen LogP contribution in [0.1, 0.15) is 55.5 Å². The number of hydrogen-bond acceptors (Lipinski definition) is 5. The maximum Gasteiger partial charge on any atom is 0.343 e. The lowest BCUT2D eigenvalue weighted by molar-refractivity contribution is 0.0523. The molecule has 2 aromatic carbocycles. The fourth-order valence-corrected chi connectivity index (χ4v) is 3.68. The number of aryl methyl sites for hydroxylation is 3. The van der Waals surface area contributed by atoms with Crippen LogP contribution in [0.15, 0.2) is 53.5 Å². The fraction of sp³-hybridized carbons (Fsp3) is 0.240. The van der Waals surface area contributed by atoms with Crippen molar-refractivity contribution >= 4 is 11.8 Å². The van der Waals surface area contributed by atoms with Crippen molar-refractivity contribution in [2.45, 2.75) is 34.2 Å². The van der Waals surface area contributed by atoms with Gasteiger partial charge in [0.25, 0.3) is 5.56 Å². The van der Waals surface area contributed by atoms with Crippen LogP contribution in [0.5, 0.6) is 5.75 Å². The van der Waals surface area contributed by atoms with Crippen LogP contribution < -0.4 is 5.56 Å². The Morgan fingerprint density at radius 2 is 1.65 bits per heavy atom. The number of nitrogens with zero attached hydrogens (tertiary/aromatic N) is 1. The summed E-state index contributed by atoms with van der Waals surface area (Å²) in [7, 11) is 0. The summed E-state index contributed by atoms with van der Waals surface area (Å²) >= 11 is 0. The van der Waals surface area contributed by atoms with E-state index in [1.807, 2.05) is 32.9 Å². The third-order valence-corrected chi connectivity index (χ3v) is 5.16. The van der Waals surface area contributed by atoms with E-state index in [0.29, 0.717) is 0 Å². The molecule has 0 amide bonds. The molecule has 160 valence electrons. The van der Waals surface area contributed by atoms with Crippen LogP contribution in [-0.4, -0.2) is 28.0 Å². The van der Waals surface area contributed by atoms with E-state index in [9.17, 15) is 19.5 Å². The molecule has 31 heavy (non-hydrogen) atoms. The average molecular weight is 419 g/mol. The number of benzene rings is 2. The van der Waals surface area contributed by atoms with Gasteiger partial charge in [0, 0.05) is 11.8 Å². The molecule has 1 heterocycles. The Bertz CT molecular complexity index is 1200. The number of aromatic nitrogens is 1. The van der Waals surface area contributed by atoms with Crippen molar-refractivity contribution < 1.29 is 19.4 Å². The number of aromatic hydroxyl groups is 1.